The van der Waals surface area contributed by atoms with E-state index >= 15 is 0 Å². The van der Waals surface area contributed by atoms with Crippen molar-refractivity contribution < 1.29 is 24.2 Å². The van der Waals surface area contributed by atoms with Gasteiger partial charge in [0.1, 0.15) is 0 Å². The number of ether oxygens (including phenoxy) is 1. The molecule has 0 aliphatic carbocycles. The quantitative estimate of drug-likeness (QED) is 0.597. The van der Waals surface area contributed by atoms with Gasteiger partial charge in [-0.2, -0.15) is 0 Å². The molecule has 2 aromatic carbocycles. The molecule has 2 amide bonds. The number of aliphatic hydroxyl groups excluding tert-OH is 1. The van der Waals surface area contributed by atoms with Crippen LogP contribution in [0.25, 0.3) is 5.57 Å². The van der Waals surface area contributed by atoms with Crippen molar-refractivity contribution in [2.45, 2.75) is 33.7 Å². The van der Waals surface area contributed by atoms with Gasteiger partial charge in [0, 0.05) is 0 Å². The lowest BCUT2D eigenvalue weighted by Gasteiger charge is -2.15. The number of esters is 1. The summed E-state index contributed by atoms with van der Waals surface area (Å²) in [5.74, 6) is -2.22. The van der Waals surface area contributed by atoms with Crippen molar-refractivity contribution in [1.82, 2.24) is 4.90 Å². The number of carbonyl (C=O) groups is 3. The smallest absolute Gasteiger partial charge is 0.338 e. The Bertz CT molecular complexity index is 1000. The standard InChI is InChI=1S/C23H23NO5/c1-4-11-29-23(28)17-8-6-16(7-9-17)13-24-21(26)19(20(25)22(24)27)18-10-5-14(2)12-15(18)3/h5-10,12,25H,4,11,13H2,1-3H3. The molecule has 2 aromatic rings. The summed E-state index contributed by atoms with van der Waals surface area (Å²) < 4.78 is 5.08. The highest BCUT2D eigenvalue weighted by molar-refractivity contribution is 6.35. The Morgan fingerprint density at radius 3 is 2.34 bits per heavy atom. The Labute approximate surface area is 169 Å². The first-order valence-electron chi connectivity index (χ1n) is 9.46. The predicted octanol–water partition coefficient (Wildman–Crippen LogP) is 3.71. The Hall–Kier alpha value is -3.41. The molecule has 0 atom stereocenters. The highest BCUT2D eigenvalue weighted by atomic mass is 16.5. The van der Waals surface area contributed by atoms with Gasteiger partial charge in [-0.1, -0.05) is 42.8 Å². The zero-order chi connectivity index (χ0) is 21.1. The molecule has 6 heteroatoms. The van der Waals surface area contributed by atoms with Crippen molar-refractivity contribution >= 4 is 23.4 Å². The van der Waals surface area contributed by atoms with Crippen molar-refractivity contribution in [3.05, 3.63) is 76.0 Å². The van der Waals surface area contributed by atoms with E-state index in [9.17, 15) is 19.5 Å². The molecular formula is C23H23NO5. The summed E-state index contributed by atoms with van der Waals surface area (Å²) in [5.41, 5.74) is 3.46. The number of aryl methyl sites for hydroxylation is 2. The van der Waals surface area contributed by atoms with Crippen molar-refractivity contribution in [2.24, 2.45) is 0 Å². The number of nitrogens with zero attached hydrogens (tertiary/aromatic N) is 1. The van der Waals surface area contributed by atoms with Gasteiger partial charge in [-0.3, -0.25) is 14.5 Å². The minimum absolute atomic E-state index is 0.000420. The van der Waals surface area contributed by atoms with Crippen molar-refractivity contribution in [1.29, 1.82) is 0 Å². The van der Waals surface area contributed by atoms with Crippen molar-refractivity contribution in [2.75, 3.05) is 6.61 Å². The maximum atomic E-state index is 12.9. The summed E-state index contributed by atoms with van der Waals surface area (Å²) >= 11 is 0. The average molecular weight is 393 g/mol. The van der Waals surface area contributed by atoms with Crippen molar-refractivity contribution in [3.8, 4) is 0 Å². The molecule has 1 heterocycles. The van der Waals surface area contributed by atoms with Gasteiger partial charge in [-0.15, -0.1) is 0 Å². The van der Waals surface area contributed by atoms with E-state index in [0.717, 1.165) is 22.4 Å². The molecule has 0 saturated heterocycles. The van der Waals surface area contributed by atoms with Crippen LogP contribution in [0.2, 0.25) is 0 Å². The molecule has 1 aliphatic rings. The molecule has 0 aromatic heterocycles. The highest BCUT2D eigenvalue weighted by Gasteiger charge is 2.39. The lowest BCUT2D eigenvalue weighted by atomic mass is 9.98. The number of benzene rings is 2. The number of imide groups is 1. The van der Waals surface area contributed by atoms with Crippen LogP contribution in [0.4, 0.5) is 0 Å². The second kappa shape index (κ2) is 8.31. The molecule has 0 unspecified atom stereocenters. The summed E-state index contributed by atoms with van der Waals surface area (Å²) in [6.07, 6.45) is 0.738. The third kappa shape index (κ3) is 4.06. The molecular weight excluding hydrogens is 370 g/mol. The lowest BCUT2D eigenvalue weighted by molar-refractivity contribution is -0.138. The van der Waals surface area contributed by atoms with E-state index in [0.29, 0.717) is 23.3 Å². The van der Waals surface area contributed by atoms with Gasteiger partial charge < -0.3 is 9.84 Å². The molecule has 150 valence electrons. The fourth-order valence-electron chi connectivity index (χ4n) is 3.25. The number of hydrogen-bond donors (Lipinski definition) is 1. The summed E-state index contributed by atoms with van der Waals surface area (Å²) in [6, 6.07) is 12.0. The minimum Gasteiger partial charge on any atom is -0.502 e. The third-order valence-corrected chi connectivity index (χ3v) is 4.76. The van der Waals surface area contributed by atoms with Crippen LogP contribution in [0.5, 0.6) is 0 Å². The van der Waals surface area contributed by atoms with Crippen LogP contribution in [-0.2, 0) is 20.9 Å². The Morgan fingerprint density at radius 1 is 1.03 bits per heavy atom. The monoisotopic (exact) mass is 393 g/mol. The van der Waals surface area contributed by atoms with Crippen LogP contribution in [0, 0.1) is 13.8 Å². The second-order valence-corrected chi connectivity index (χ2v) is 7.07. The van der Waals surface area contributed by atoms with Crippen molar-refractivity contribution in [3.63, 3.8) is 0 Å². The van der Waals surface area contributed by atoms with E-state index in [1.807, 2.05) is 32.9 Å². The SMILES string of the molecule is CCCOC(=O)c1ccc(CN2C(=O)C(O)=C(c3ccc(C)cc3C)C2=O)cc1. The van der Waals surface area contributed by atoms with E-state index in [1.165, 1.54) is 0 Å². The van der Waals surface area contributed by atoms with Crippen LogP contribution >= 0.6 is 0 Å². The molecule has 3 rings (SSSR count). The van der Waals surface area contributed by atoms with Gasteiger partial charge in [0.15, 0.2) is 5.76 Å². The molecule has 6 nitrogen and oxygen atoms in total. The topological polar surface area (TPSA) is 83.9 Å². The van der Waals surface area contributed by atoms with E-state index in [-0.39, 0.29) is 12.1 Å². The minimum atomic E-state index is -0.726. The average Bonchev–Trinajstić information content (AvgIpc) is 2.90. The van der Waals surface area contributed by atoms with Crippen LogP contribution in [0.15, 0.2) is 48.2 Å². The van der Waals surface area contributed by atoms with Gasteiger partial charge in [-0.05, 0) is 49.1 Å². The van der Waals surface area contributed by atoms with Crippen LogP contribution in [0.3, 0.4) is 0 Å². The van der Waals surface area contributed by atoms with Gasteiger partial charge >= 0.3 is 5.97 Å². The number of carbonyl (C=O) groups excluding carboxylic acids is 3. The van der Waals surface area contributed by atoms with E-state index in [1.54, 1.807) is 30.3 Å². The number of rotatable bonds is 6. The molecule has 0 radical (unpaired) electrons. The van der Waals surface area contributed by atoms with Crippen LogP contribution < -0.4 is 0 Å². The molecule has 0 fully saturated rings. The highest BCUT2D eigenvalue weighted by Crippen LogP contribution is 2.31. The van der Waals surface area contributed by atoms with E-state index in [2.05, 4.69) is 0 Å². The molecule has 0 spiro atoms. The first kappa shape index (κ1) is 20.3. The largest absolute Gasteiger partial charge is 0.502 e. The van der Waals surface area contributed by atoms with Crippen LogP contribution in [-0.4, -0.2) is 34.4 Å². The Kier molecular flexibility index (Phi) is 5.82. The zero-order valence-electron chi connectivity index (χ0n) is 16.7. The zero-order valence-corrected chi connectivity index (χ0v) is 16.7. The molecule has 0 saturated carbocycles. The van der Waals surface area contributed by atoms with Gasteiger partial charge in [0.25, 0.3) is 11.8 Å². The molecule has 29 heavy (non-hydrogen) atoms. The molecule has 1 N–H and O–H groups in total. The number of hydrogen-bond acceptors (Lipinski definition) is 5. The Morgan fingerprint density at radius 2 is 1.72 bits per heavy atom. The van der Waals surface area contributed by atoms with Gasteiger partial charge in [0.05, 0.1) is 24.3 Å². The van der Waals surface area contributed by atoms with Gasteiger partial charge in [-0.25, -0.2) is 4.79 Å². The summed E-state index contributed by atoms with van der Waals surface area (Å²) in [6.45, 7) is 6.03. The fourth-order valence-corrected chi connectivity index (χ4v) is 3.25. The lowest BCUT2D eigenvalue weighted by Crippen LogP contribution is -2.31. The van der Waals surface area contributed by atoms with Crippen LogP contribution in [0.1, 0.15) is 46.0 Å². The molecule has 0 bridgehead atoms. The molecule has 1 aliphatic heterocycles. The maximum absolute atomic E-state index is 12.9. The summed E-state index contributed by atoms with van der Waals surface area (Å²) in [4.78, 5) is 38.3. The van der Waals surface area contributed by atoms with E-state index < -0.39 is 23.5 Å². The normalized spacial score (nSPS) is 14.0. The predicted molar refractivity (Wildman–Crippen MR) is 108 cm³/mol. The first-order valence-corrected chi connectivity index (χ1v) is 9.46. The third-order valence-electron chi connectivity index (χ3n) is 4.76. The summed E-state index contributed by atoms with van der Waals surface area (Å²) in [5, 5.41) is 10.3. The van der Waals surface area contributed by atoms with Gasteiger partial charge in [0.2, 0.25) is 0 Å². The second-order valence-electron chi connectivity index (χ2n) is 7.07. The summed E-state index contributed by atoms with van der Waals surface area (Å²) in [7, 11) is 0. The number of aliphatic hydroxyl groups is 1. The Balaban J connectivity index is 1.79. The number of amides is 2. The van der Waals surface area contributed by atoms with E-state index in [4.69, 9.17) is 4.74 Å². The fraction of sp³-hybridized carbons (Fsp3) is 0.261. The maximum Gasteiger partial charge on any atom is 0.338 e. The first-order chi connectivity index (χ1) is 13.8.